The number of rotatable bonds is 8. The Morgan fingerprint density at radius 2 is 2.00 bits per heavy atom. The first kappa shape index (κ1) is 14.7. The molecule has 0 aromatic rings. The number of methoxy groups -OCH3 is 1. The number of carboxylic acid groups (broad SMARTS) is 1. The molecule has 0 aromatic carbocycles. The van der Waals surface area contributed by atoms with Crippen LogP contribution in [-0.4, -0.2) is 43.4 Å². The van der Waals surface area contributed by atoms with Crippen molar-refractivity contribution in [1.82, 2.24) is 10.6 Å². The lowest BCUT2D eigenvalue weighted by Crippen LogP contribution is -2.44. The quantitative estimate of drug-likeness (QED) is 0.534. The van der Waals surface area contributed by atoms with Crippen LogP contribution in [0, 0.1) is 0 Å². The van der Waals surface area contributed by atoms with Crippen molar-refractivity contribution in [3.63, 3.8) is 0 Å². The Morgan fingerprint density at radius 3 is 2.56 bits per heavy atom. The van der Waals surface area contributed by atoms with Gasteiger partial charge in [-0.15, -0.1) is 0 Å². The Kier molecular flexibility index (Phi) is 8.24. The van der Waals surface area contributed by atoms with Crippen molar-refractivity contribution in [2.45, 2.75) is 32.2 Å². The molecule has 0 radical (unpaired) electrons. The molecule has 0 aliphatic rings. The monoisotopic (exact) mass is 232 g/mol. The van der Waals surface area contributed by atoms with Crippen molar-refractivity contribution >= 4 is 12.0 Å². The van der Waals surface area contributed by atoms with E-state index in [1.165, 1.54) is 6.92 Å². The normalized spacial score (nSPS) is 11.9. The molecule has 0 heterocycles. The van der Waals surface area contributed by atoms with Gasteiger partial charge in [0.25, 0.3) is 0 Å². The fourth-order valence-corrected chi connectivity index (χ4v) is 1.06. The molecule has 0 aromatic heterocycles. The van der Waals surface area contributed by atoms with Gasteiger partial charge < -0.3 is 20.5 Å². The first-order chi connectivity index (χ1) is 7.57. The molecule has 0 spiro atoms. The minimum Gasteiger partial charge on any atom is -0.480 e. The summed E-state index contributed by atoms with van der Waals surface area (Å²) in [5.74, 6) is -1.05. The lowest BCUT2D eigenvalue weighted by atomic mass is 10.2. The number of hydrogen-bond donors (Lipinski definition) is 3. The molecule has 6 heteroatoms. The minimum atomic E-state index is -1.05. The van der Waals surface area contributed by atoms with Gasteiger partial charge in [0.15, 0.2) is 0 Å². The molecule has 3 N–H and O–H groups in total. The van der Waals surface area contributed by atoms with Crippen LogP contribution < -0.4 is 10.6 Å². The van der Waals surface area contributed by atoms with Crippen LogP contribution >= 0.6 is 0 Å². The standard InChI is InChI=1S/C10H20N2O4/c1-8(9(13)14)12-10(15)11-6-4-3-5-7-16-2/h8H,3-7H2,1-2H3,(H,13,14)(H2,11,12,15). The molecule has 0 rings (SSSR count). The van der Waals surface area contributed by atoms with Crippen molar-refractivity contribution in [2.24, 2.45) is 0 Å². The molecule has 0 saturated carbocycles. The fraction of sp³-hybridized carbons (Fsp3) is 0.800. The van der Waals surface area contributed by atoms with E-state index < -0.39 is 18.0 Å². The Morgan fingerprint density at radius 1 is 1.31 bits per heavy atom. The molecule has 6 nitrogen and oxygen atoms in total. The summed E-state index contributed by atoms with van der Waals surface area (Å²) in [7, 11) is 1.65. The van der Waals surface area contributed by atoms with Gasteiger partial charge in [-0.25, -0.2) is 4.79 Å². The highest BCUT2D eigenvalue weighted by molar-refractivity contribution is 5.82. The van der Waals surface area contributed by atoms with E-state index in [0.717, 1.165) is 25.9 Å². The molecule has 0 aliphatic heterocycles. The second kappa shape index (κ2) is 8.96. The first-order valence-electron chi connectivity index (χ1n) is 5.34. The summed E-state index contributed by atoms with van der Waals surface area (Å²) in [4.78, 5) is 21.6. The molecule has 0 aliphatic carbocycles. The molecule has 0 bridgehead atoms. The van der Waals surface area contributed by atoms with Gasteiger partial charge in [0, 0.05) is 20.3 Å². The minimum absolute atomic E-state index is 0.443. The fourth-order valence-electron chi connectivity index (χ4n) is 1.06. The number of hydrogen-bond acceptors (Lipinski definition) is 3. The molecule has 2 amide bonds. The van der Waals surface area contributed by atoms with Gasteiger partial charge in [-0.05, 0) is 26.2 Å². The van der Waals surface area contributed by atoms with Gasteiger partial charge in [0.1, 0.15) is 6.04 Å². The van der Waals surface area contributed by atoms with Gasteiger partial charge in [0.2, 0.25) is 0 Å². The largest absolute Gasteiger partial charge is 0.480 e. The van der Waals surface area contributed by atoms with E-state index in [0.29, 0.717) is 6.54 Å². The van der Waals surface area contributed by atoms with E-state index >= 15 is 0 Å². The zero-order chi connectivity index (χ0) is 12.4. The van der Waals surface area contributed by atoms with Crippen LogP contribution in [0.1, 0.15) is 26.2 Å². The summed E-state index contributed by atoms with van der Waals surface area (Å²) < 4.78 is 4.88. The van der Waals surface area contributed by atoms with Crippen LogP contribution in [0.2, 0.25) is 0 Å². The van der Waals surface area contributed by atoms with Gasteiger partial charge >= 0.3 is 12.0 Å². The molecule has 1 atom stereocenters. The molecular formula is C10H20N2O4. The maximum Gasteiger partial charge on any atom is 0.325 e. The van der Waals surface area contributed by atoms with Gasteiger partial charge in [0.05, 0.1) is 0 Å². The zero-order valence-corrected chi connectivity index (χ0v) is 9.78. The van der Waals surface area contributed by atoms with E-state index in [-0.39, 0.29) is 0 Å². The van der Waals surface area contributed by atoms with Crippen molar-refractivity contribution in [3.05, 3.63) is 0 Å². The number of ether oxygens (including phenoxy) is 1. The molecule has 0 fully saturated rings. The maximum atomic E-state index is 11.1. The SMILES string of the molecule is COCCCCCNC(=O)NC(C)C(=O)O. The third-order valence-electron chi connectivity index (χ3n) is 2.03. The smallest absolute Gasteiger partial charge is 0.325 e. The topological polar surface area (TPSA) is 87.7 Å². The zero-order valence-electron chi connectivity index (χ0n) is 9.78. The predicted molar refractivity (Wildman–Crippen MR) is 59.4 cm³/mol. The summed E-state index contributed by atoms with van der Waals surface area (Å²) in [6.07, 6.45) is 2.80. The van der Waals surface area contributed by atoms with E-state index in [1.807, 2.05) is 0 Å². The number of urea groups is 1. The molecule has 16 heavy (non-hydrogen) atoms. The van der Waals surface area contributed by atoms with Crippen molar-refractivity contribution in [3.8, 4) is 0 Å². The third kappa shape index (κ3) is 8.05. The summed E-state index contributed by atoms with van der Waals surface area (Å²) in [5.41, 5.74) is 0. The Bertz CT molecular complexity index is 221. The number of unbranched alkanes of at least 4 members (excludes halogenated alkanes) is 2. The summed E-state index contributed by atoms with van der Waals surface area (Å²) in [6, 6.07) is -1.31. The van der Waals surface area contributed by atoms with Crippen LogP contribution in [-0.2, 0) is 9.53 Å². The number of carbonyl (C=O) groups excluding carboxylic acids is 1. The van der Waals surface area contributed by atoms with E-state index in [9.17, 15) is 9.59 Å². The van der Waals surface area contributed by atoms with Crippen LogP contribution in [0.5, 0.6) is 0 Å². The highest BCUT2D eigenvalue weighted by atomic mass is 16.5. The van der Waals surface area contributed by atoms with E-state index in [1.54, 1.807) is 7.11 Å². The molecule has 94 valence electrons. The number of nitrogens with one attached hydrogen (secondary N) is 2. The van der Waals surface area contributed by atoms with Gasteiger partial charge in [-0.2, -0.15) is 0 Å². The molecule has 0 saturated heterocycles. The third-order valence-corrected chi connectivity index (χ3v) is 2.03. The maximum absolute atomic E-state index is 11.1. The number of carboxylic acids is 1. The Balaban J connectivity index is 3.40. The second-order valence-corrected chi connectivity index (χ2v) is 3.51. The average Bonchev–Trinajstić information content (AvgIpc) is 2.23. The highest BCUT2D eigenvalue weighted by Gasteiger charge is 2.12. The average molecular weight is 232 g/mol. The second-order valence-electron chi connectivity index (χ2n) is 3.51. The van der Waals surface area contributed by atoms with Crippen molar-refractivity contribution in [1.29, 1.82) is 0 Å². The Labute approximate surface area is 95.4 Å². The lowest BCUT2D eigenvalue weighted by Gasteiger charge is -2.10. The Hall–Kier alpha value is -1.30. The van der Waals surface area contributed by atoms with Gasteiger partial charge in [-0.1, -0.05) is 0 Å². The van der Waals surface area contributed by atoms with Crippen LogP contribution in [0.25, 0.3) is 0 Å². The molecular weight excluding hydrogens is 212 g/mol. The summed E-state index contributed by atoms with van der Waals surface area (Å²) in [5, 5.41) is 13.4. The van der Waals surface area contributed by atoms with Crippen LogP contribution in [0.3, 0.4) is 0 Å². The van der Waals surface area contributed by atoms with Crippen molar-refractivity contribution < 1.29 is 19.4 Å². The lowest BCUT2D eigenvalue weighted by molar-refractivity contribution is -0.138. The highest BCUT2D eigenvalue weighted by Crippen LogP contribution is 1.93. The van der Waals surface area contributed by atoms with Gasteiger partial charge in [-0.3, -0.25) is 4.79 Å². The summed E-state index contributed by atoms with van der Waals surface area (Å²) in [6.45, 7) is 2.69. The molecule has 1 unspecified atom stereocenters. The van der Waals surface area contributed by atoms with Crippen LogP contribution in [0.15, 0.2) is 0 Å². The number of carbonyl (C=O) groups is 2. The predicted octanol–water partition coefficient (Wildman–Crippen LogP) is 0.575. The van der Waals surface area contributed by atoms with E-state index in [2.05, 4.69) is 10.6 Å². The number of amides is 2. The van der Waals surface area contributed by atoms with Crippen LogP contribution in [0.4, 0.5) is 4.79 Å². The van der Waals surface area contributed by atoms with Crippen molar-refractivity contribution in [2.75, 3.05) is 20.3 Å². The first-order valence-corrected chi connectivity index (χ1v) is 5.34. The summed E-state index contributed by atoms with van der Waals surface area (Å²) >= 11 is 0. The number of aliphatic carboxylic acids is 1. The van der Waals surface area contributed by atoms with E-state index in [4.69, 9.17) is 9.84 Å².